The van der Waals surface area contributed by atoms with E-state index in [-0.39, 0.29) is 5.84 Å². The number of hydrogen-bond donors (Lipinski definition) is 2. The van der Waals surface area contributed by atoms with Gasteiger partial charge in [-0.3, -0.25) is 10.4 Å². The largest absolute Gasteiger partial charge is 0.384 e. The molecule has 0 saturated carbocycles. The van der Waals surface area contributed by atoms with Crippen molar-refractivity contribution < 1.29 is 0 Å². The van der Waals surface area contributed by atoms with Gasteiger partial charge in [0.25, 0.3) is 0 Å². The molecule has 3 N–H and O–H groups in total. The van der Waals surface area contributed by atoms with E-state index in [0.29, 0.717) is 5.92 Å². The minimum atomic E-state index is 0.119. The summed E-state index contributed by atoms with van der Waals surface area (Å²) in [5.74, 6) is 1.56. The lowest BCUT2D eigenvalue weighted by atomic mass is 9.88. The van der Waals surface area contributed by atoms with Crippen LogP contribution in [0.5, 0.6) is 0 Å². The first kappa shape index (κ1) is 11.9. The number of anilines is 1. The summed E-state index contributed by atoms with van der Waals surface area (Å²) >= 11 is 0. The molecule has 2 heterocycles. The minimum absolute atomic E-state index is 0.119. The SMILES string of the molecule is CC1CCN(c2cnccc2C(=N)N)CC1C. The molecular formula is C13H20N4. The fourth-order valence-corrected chi connectivity index (χ4v) is 2.35. The molecule has 1 aromatic rings. The number of aromatic nitrogens is 1. The van der Waals surface area contributed by atoms with Gasteiger partial charge in [-0.05, 0) is 24.3 Å². The summed E-state index contributed by atoms with van der Waals surface area (Å²) in [5.41, 5.74) is 7.40. The van der Waals surface area contributed by atoms with Gasteiger partial charge in [0.15, 0.2) is 0 Å². The van der Waals surface area contributed by atoms with Crippen LogP contribution in [0.25, 0.3) is 0 Å². The average molecular weight is 232 g/mol. The molecular weight excluding hydrogens is 212 g/mol. The summed E-state index contributed by atoms with van der Waals surface area (Å²) in [6.07, 6.45) is 4.70. The van der Waals surface area contributed by atoms with E-state index < -0.39 is 0 Å². The van der Waals surface area contributed by atoms with Crippen molar-refractivity contribution in [3.8, 4) is 0 Å². The molecule has 17 heavy (non-hydrogen) atoms. The third-order valence-corrected chi connectivity index (χ3v) is 3.77. The monoisotopic (exact) mass is 232 g/mol. The van der Waals surface area contributed by atoms with Gasteiger partial charge in [-0.1, -0.05) is 13.8 Å². The molecule has 0 aromatic carbocycles. The van der Waals surface area contributed by atoms with Gasteiger partial charge < -0.3 is 10.6 Å². The second-order valence-electron chi connectivity index (χ2n) is 5.00. The van der Waals surface area contributed by atoms with Crippen LogP contribution < -0.4 is 10.6 Å². The Morgan fingerprint density at radius 3 is 2.88 bits per heavy atom. The first-order valence-electron chi connectivity index (χ1n) is 6.13. The lowest BCUT2D eigenvalue weighted by molar-refractivity contribution is 0.324. The number of amidine groups is 1. The van der Waals surface area contributed by atoms with Crippen LogP contribution in [0.2, 0.25) is 0 Å². The molecule has 1 aliphatic heterocycles. The Bertz CT molecular complexity index is 416. The van der Waals surface area contributed by atoms with E-state index in [9.17, 15) is 0 Å². The second-order valence-corrected chi connectivity index (χ2v) is 5.00. The van der Waals surface area contributed by atoms with Gasteiger partial charge in [0.05, 0.1) is 11.9 Å². The van der Waals surface area contributed by atoms with Crippen LogP contribution in [0.4, 0.5) is 5.69 Å². The number of nitrogens with one attached hydrogen (secondary N) is 1. The van der Waals surface area contributed by atoms with E-state index in [2.05, 4.69) is 23.7 Å². The topological polar surface area (TPSA) is 66.0 Å². The van der Waals surface area contributed by atoms with Crippen molar-refractivity contribution in [2.45, 2.75) is 20.3 Å². The lowest BCUT2D eigenvalue weighted by Crippen LogP contribution is -2.39. The van der Waals surface area contributed by atoms with Crippen molar-refractivity contribution in [1.82, 2.24) is 4.98 Å². The van der Waals surface area contributed by atoms with E-state index in [1.807, 2.05) is 12.3 Å². The smallest absolute Gasteiger partial charge is 0.125 e. The molecule has 2 rings (SSSR count). The zero-order chi connectivity index (χ0) is 12.4. The van der Waals surface area contributed by atoms with Gasteiger partial charge in [0.2, 0.25) is 0 Å². The van der Waals surface area contributed by atoms with Crippen molar-refractivity contribution in [3.05, 3.63) is 24.0 Å². The number of nitrogen functional groups attached to an aromatic ring is 1. The van der Waals surface area contributed by atoms with E-state index in [1.54, 1.807) is 6.20 Å². The second kappa shape index (κ2) is 4.73. The standard InChI is InChI=1S/C13H20N4/c1-9-4-6-17(8-10(9)2)12-7-16-5-3-11(12)13(14)15/h3,5,7,9-10H,4,6,8H2,1-2H3,(H3,14,15). The van der Waals surface area contributed by atoms with Crippen LogP contribution in [-0.2, 0) is 0 Å². The Hall–Kier alpha value is -1.58. The zero-order valence-corrected chi connectivity index (χ0v) is 10.5. The molecule has 2 unspecified atom stereocenters. The van der Waals surface area contributed by atoms with Gasteiger partial charge in [-0.2, -0.15) is 0 Å². The average Bonchev–Trinajstić information content (AvgIpc) is 2.32. The highest BCUT2D eigenvalue weighted by Crippen LogP contribution is 2.28. The van der Waals surface area contributed by atoms with Crippen LogP contribution in [0.3, 0.4) is 0 Å². The number of nitrogens with zero attached hydrogens (tertiary/aromatic N) is 2. The quantitative estimate of drug-likeness (QED) is 0.604. The summed E-state index contributed by atoms with van der Waals surface area (Å²) in [4.78, 5) is 6.45. The number of hydrogen-bond acceptors (Lipinski definition) is 3. The predicted molar refractivity (Wildman–Crippen MR) is 70.4 cm³/mol. The zero-order valence-electron chi connectivity index (χ0n) is 10.5. The first-order chi connectivity index (χ1) is 8.09. The van der Waals surface area contributed by atoms with Gasteiger partial charge >= 0.3 is 0 Å². The van der Waals surface area contributed by atoms with E-state index in [4.69, 9.17) is 11.1 Å². The van der Waals surface area contributed by atoms with E-state index in [0.717, 1.165) is 30.3 Å². The Balaban J connectivity index is 2.25. The fourth-order valence-electron chi connectivity index (χ4n) is 2.35. The highest BCUT2D eigenvalue weighted by molar-refractivity contribution is 6.00. The van der Waals surface area contributed by atoms with E-state index in [1.165, 1.54) is 6.42 Å². The van der Waals surface area contributed by atoms with Gasteiger partial charge in [0, 0.05) is 24.8 Å². The number of piperidine rings is 1. The summed E-state index contributed by atoms with van der Waals surface area (Å²) < 4.78 is 0. The number of pyridine rings is 1. The molecule has 1 saturated heterocycles. The molecule has 0 radical (unpaired) electrons. The van der Waals surface area contributed by atoms with Crippen LogP contribution in [0.1, 0.15) is 25.8 Å². The highest BCUT2D eigenvalue weighted by Gasteiger charge is 2.24. The molecule has 2 atom stereocenters. The molecule has 0 spiro atoms. The molecule has 1 aliphatic rings. The molecule has 1 fully saturated rings. The summed E-state index contributed by atoms with van der Waals surface area (Å²) in [5, 5.41) is 7.61. The third-order valence-electron chi connectivity index (χ3n) is 3.77. The van der Waals surface area contributed by atoms with Gasteiger partial charge in [-0.15, -0.1) is 0 Å². The Morgan fingerprint density at radius 2 is 2.24 bits per heavy atom. The maximum atomic E-state index is 7.61. The minimum Gasteiger partial charge on any atom is -0.384 e. The van der Waals surface area contributed by atoms with Gasteiger partial charge in [0.1, 0.15) is 5.84 Å². The molecule has 0 amide bonds. The fraction of sp³-hybridized carbons (Fsp3) is 0.538. The number of rotatable bonds is 2. The van der Waals surface area contributed by atoms with Crippen molar-refractivity contribution >= 4 is 11.5 Å². The third kappa shape index (κ3) is 2.40. The Labute approximate surface area is 102 Å². The molecule has 4 heteroatoms. The van der Waals surface area contributed by atoms with Crippen LogP contribution in [0, 0.1) is 17.2 Å². The lowest BCUT2D eigenvalue weighted by Gasteiger charge is -2.37. The molecule has 4 nitrogen and oxygen atoms in total. The normalized spacial score (nSPS) is 24.7. The maximum absolute atomic E-state index is 7.61. The summed E-state index contributed by atoms with van der Waals surface area (Å²) in [7, 11) is 0. The van der Waals surface area contributed by atoms with Gasteiger partial charge in [-0.25, -0.2) is 0 Å². The van der Waals surface area contributed by atoms with Crippen LogP contribution >= 0.6 is 0 Å². The van der Waals surface area contributed by atoms with Crippen molar-refractivity contribution in [2.24, 2.45) is 17.6 Å². The molecule has 0 aliphatic carbocycles. The highest BCUT2D eigenvalue weighted by atomic mass is 15.1. The summed E-state index contributed by atoms with van der Waals surface area (Å²) in [6, 6.07) is 1.82. The van der Waals surface area contributed by atoms with Crippen molar-refractivity contribution in [3.63, 3.8) is 0 Å². The molecule has 92 valence electrons. The predicted octanol–water partition coefficient (Wildman–Crippen LogP) is 1.85. The molecule has 0 bridgehead atoms. The van der Waals surface area contributed by atoms with Crippen molar-refractivity contribution in [1.29, 1.82) is 5.41 Å². The van der Waals surface area contributed by atoms with Crippen LogP contribution in [-0.4, -0.2) is 23.9 Å². The van der Waals surface area contributed by atoms with Crippen molar-refractivity contribution in [2.75, 3.05) is 18.0 Å². The maximum Gasteiger partial charge on any atom is 0.125 e. The van der Waals surface area contributed by atoms with Crippen LogP contribution in [0.15, 0.2) is 18.5 Å². The molecule has 1 aromatic heterocycles. The first-order valence-corrected chi connectivity index (χ1v) is 6.13. The Morgan fingerprint density at radius 1 is 1.47 bits per heavy atom. The van der Waals surface area contributed by atoms with E-state index >= 15 is 0 Å². The Kier molecular flexibility index (Phi) is 3.31. The summed E-state index contributed by atoms with van der Waals surface area (Å²) in [6.45, 7) is 6.63. The number of nitrogens with two attached hydrogens (primary N) is 1.